The zero-order valence-electron chi connectivity index (χ0n) is 17.1. The first kappa shape index (κ1) is 20.5. The van der Waals surface area contributed by atoms with Crippen LogP contribution in [0.4, 0.5) is 14.8 Å². The van der Waals surface area contributed by atoms with Crippen molar-refractivity contribution in [3.63, 3.8) is 0 Å². The number of piperazine rings is 1. The number of oxazole rings is 1. The highest BCUT2D eigenvalue weighted by Crippen LogP contribution is 2.40. The summed E-state index contributed by atoms with van der Waals surface area (Å²) in [6.45, 7) is 3.45. The maximum atomic E-state index is 14.5. The third kappa shape index (κ3) is 3.64. The Bertz CT molecular complexity index is 1110. The van der Waals surface area contributed by atoms with Crippen molar-refractivity contribution >= 4 is 31.7 Å². The van der Waals surface area contributed by atoms with E-state index >= 15 is 0 Å². The van der Waals surface area contributed by atoms with Gasteiger partial charge in [-0.3, -0.25) is 4.98 Å². The van der Waals surface area contributed by atoms with Crippen molar-refractivity contribution in [3.8, 4) is 17.0 Å². The zero-order chi connectivity index (χ0) is 22.0. The van der Waals surface area contributed by atoms with E-state index in [4.69, 9.17) is 9.15 Å². The van der Waals surface area contributed by atoms with E-state index in [1.807, 2.05) is 17.0 Å². The summed E-state index contributed by atoms with van der Waals surface area (Å²) in [6, 6.07) is 7.84. The fraction of sp³-hybridized carbons (Fsp3) is 0.429. The lowest BCUT2D eigenvalue weighted by Gasteiger charge is -2.47. The molecular formula is C21H23F2N4O3P. The van der Waals surface area contributed by atoms with E-state index in [9.17, 15) is 13.9 Å². The number of ether oxygens (including phenoxy) is 1. The van der Waals surface area contributed by atoms with Gasteiger partial charge in [-0.2, -0.15) is 13.8 Å². The van der Waals surface area contributed by atoms with Gasteiger partial charge in [-0.05, 0) is 43.8 Å². The summed E-state index contributed by atoms with van der Waals surface area (Å²) >= 11 is 0. The number of halogens is 2. The van der Waals surface area contributed by atoms with Crippen molar-refractivity contribution in [2.24, 2.45) is 0 Å². The molecule has 7 nitrogen and oxygen atoms in total. The Kier molecular flexibility index (Phi) is 4.70. The van der Waals surface area contributed by atoms with Gasteiger partial charge in [0.15, 0.2) is 22.5 Å². The normalized spacial score (nSPS) is 21.3. The maximum absolute atomic E-state index is 14.5. The zero-order valence-corrected chi connectivity index (χ0v) is 18.3. The number of rotatable bonds is 5. The van der Waals surface area contributed by atoms with Gasteiger partial charge in [-0.1, -0.05) is 6.07 Å². The van der Waals surface area contributed by atoms with Crippen molar-refractivity contribution < 1.29 is 23.0 Å². The molecule has 5 heterocycles. The average Bonchev–Trinajstić information content (AvgIpc) is 3.14. The van der Waals surface area contributed by atoms with Gasteiger partial charge in [0.05, 0.1) is 5.69 Å². The summed E-state index contributed by atoms with van der Waals surface area (Å²) in [5, 5.41) is 14.2. The predicted octanol–water partition coefficient (Wildman–Crippen LogP) is 2.68. The van der Waals surface area contributed by atoms with Gasteiger partial charge < -0.3 is 24.5 Å². The molecule has 3 aliphatic heterocycles. The van der Waals surface area contributed by atoms with Gasteiger partial charge in [0, 0.05) is 36.9 Å². The molecule has 2 N–H and O–H groups in total. The molecule has 3 aromatic rings. The number of fused-ring (bicyclic) bond motifs is 3. The van der Waals surface area contributed by atoms with E-state index in [1.165, 1.54) is 6.07 Å². The number of nitrogens with zero attached hydrogens (tertiary/aromatic N) is 3. The molecule has 3 fully saturated rings. The molecule has 2 aromatic heterocycles. The first-order valence-corrected chi connectivity index (χ1v) is 10.6. The van der Waals surface area contributed by atoms with E-state index in [-0.39, 0.29) is 11.3 Å². The van der Waals surface area contributed by atoms with Gasteiger partial charge >= 0.3 is 6.11 Å². The Labute approximate surface area is 180 Å². The summed E-state index contributed by atoms with van der Waals surface area (Å²) in [4.78, 5) is 11.0. The summed E-state index contributed by atoms with van der Waals surface area (Å²) < 4.78 is 40.0. The Balaban J connectivity index is 1.61. The van der Waals surface area contributed by atoms with E-state index in [2.05, 4.69) is 24.5 Å². The lowest BCUT2D eigenvalue weighted by molar-refractivity contribution is -0.275. The second-order valence-corrected chi connectivity index (χ2v) is 9.31. The highest BCUT2D eigenvalue weighted by molar-refractivity contribution is 7.27. The first-order valence-electron chi connectivity index (χ1n) is 10.1. The lowest BCUT2D eigenvalue weighted by Crippen LogP contribution is -2.67. The van der Waals surface area contributed by atoms with Crippen molar-refractivity contribution in [2.45, 2.75) is 44.1 Å². The Hall–Kier alpha value is -2.35. The molecule has 0 amide bonds. The minimum absolute atomic E-state index is 0.163. The van der Waals surface area contributed by atoms with Gasteiger partial charge in [0.25, 0.3) is 6.01 Å². The molecule has 0 aliphatic carbocycles. The fourth-order valence-electron chi connectivity index (χ4n) is 3.89. The summed E-state index contributed by atoms with van der Waals surface area (Å²) in [6.07, 6.45) is -1.02. The number of nitrogens with one attached hydrogen (secondary N) is 1. The van der Waals surface area contributed by atoms with Crippen molar-refractivity contribution in [1.29, 1.82) is 0 Å². The van der Waals surface area contributed by atoms with Gasteiger partial charge in [0.2, 0.25) is 0 Å². The standard InChI is InChI=1S/C21H23F2N4O3P/c1-20(2,28)21(22,23)30-16-6-4-14(15-5-3-13(31)8-24-15)18-17(16)26-19(29-18)27-9-11-7-12(10-27)25-11/h3-6,8,11-12,25,28H,7,9-10,31H2,1-2H3. The number of anilines is 1. The molecule has 2 bridgehead atoms. The number of benzene rings is 1. The molecule has 3 unspecified atom stereocenters. The number of aromatic nitrogens is 2. The highest BCUT2D eigenvalue weighted by atomic mass is 31.0. The molecule has 0 radical (unpaired) electrons. The van der Waals surface area contributed by atoms with Crippen LogP contribution in [0.3, 0.4) is 0 Å². The predicted molar refractivity (Wildman–Crippen MR) is 116 cm³/mol. The minimum atomic E-state index is -3.82. The van der Waals surface area contributed by atoms with Crippen LogP contribution in [0.2, 0.25) is 0 Å². The molecule has 3 atom stereocenters. The quantitative estimate of drug-likeness (QED) is 0.581. The summed E-state index contributed by atoms with van der Waals surface area (Å²) in [5.41, 5.74) is -0.642. The maximum Gasteiger partial charge on any atom is 0.426 e. The summed E-state index contributed by atoms with van der Waals surface area (Å²) in [5.74, 6) is -0.163. The number of aliphatic hydroxyl groups is 1. The molecule has 0 spiro atoms. The van der Waals surface area contributed by atoms with E-state index < -0.39 is 11.7 Å². The van der Waals surface area contributed by atoms with Gasteiger partial charge in [-0.15, -0.1) is 9.24 Å². The van der Waals surface area contributed by atoms with Crippen LogP contribution in [0, 0.1) is 0 Å². The van der Waals surface area contributed by atoms with Crippen molar-refractivity contribution in [3.05, 3.63) is 30.5 Å². The van der Waals surface area contributed by atoms with Crippen LogP contribution < -0.4 is 20.3 Å². The Morgan fingerprint density at radius 2 is 1.94 bits per heavy atom. The molecule has 31 heavy (non-hydrogen) atoms. The number of alkyl halides is 2. The average molecular weight is 448 g/mol. The van der Waals surface area contributed by atoms with Crippen molar-refractivity contribution in [1.82, 2.24) is 15.3 Å². The van der Waals surface area contributed by atoms with Crippen LogP contribution in [0.1, 0.15) is 20.3 Å². The van der Waals surface area contributed by atoms with E-state index in [0.29, 0.717) is 34.9 Å². The largest absolute Gasteiger partial charge is 0.428 e. The van der Waals surface area contributed by atoms with Crippen LogP contribution in [0.25, 0.3) is 22.4 Å². The molecule has 3 aliphatic rings. The molecule has 6 rings (SSSR count). The monoisotopic (exact) mass is 448 g/mol. The number of pyridine rings is 1. The SMILES string of the molecule is CC(C)(O)C(F)(F)Oc1ccc(-c2ccc(P)cn2)c2oc(N3CC4CC(C3)N4)nc12. The van der Waals surface area contributed by atoms with Crippen LogP contribution >= 0.6 is 9.24 Å². The molecule has 10 heteroatoms. The van der Waals surface area contributed by atoms with Crippen molar-refractivity contribution in [2.75, 3.05) is 18.0 Å². The minimum Gasteiger partial charge on any atom is -0.428 e. The van der Waals surface area contributed by atoms with Crippen LogP contribution in [-0.2, 0) is 0 Å². The Morgan fingerprint density at radius 1 is 1.23 bits per heavy atom. The fourth-order valence-corrected chi connectivity index (χ4v) is 4.06. The summed E-state index contributed by atoms with van der Waals surface area (Å²) in [7, 11) is 2.57. The van der Waals surface area contributed by atoms with Crippen LogP contribution in [0.5, 0.6) is 5.75 Å². The number of hydrogen-bond acceptors (Lipinski definition) is 7. The topological polar surface area (TPSA) is 83.7 Å². The van der Waals surface area contributed by atoms with Crippen LogP contribution in [-0.4, -0.2) is 52.0 Å². The smallest absolute Gasteiger partial charge is 0.426 e. The molecule has 3 saturated heterocycles. The van der Waals surface area contributed by atoms with Crippen LogP contribution in [0.15, 0.2) is 34.9 Å². The molecule has 164 valence electrons. The second kappa shape index (κ2) is 7.08. The van der Waals surface area contributed by atoms with Gasteiger partial charge in [-0.25, -0.2) is 0 Å². The molecular weight excluding hydrogens is 425 g/mol. The lowest BCUT2D eigenvalue weighted by atomic mass is 9.92. The highest BCUT2D eigenvalue weighted by Gasteiger charge is 2.49. The third-order valence-electron chi connectivity index (χ3n) is 5.70. The molecule has 1 aromatic carbocycles. The van der Waals surface area contributed by atoms with E-state index in [1.54, 1.807) is 12.3 Å². The number of hydrogen-bond donors (Lipinski definition) is 2. The Morgan fingerprint density at radius 3 is 2.55 bits per heavy atom. The van der Waals surface area contributed by atoms with Gasteiger partial charge in [0.1, 0.15) is 0 Å². The van der Waals surface area contributed by atoms with E-state index in [0.717, 1.165) is 38.7 Å². The molecule has 0 saturated carbocycles. The number of piperidine rings is 1. The third-order valence-corrected chi connectivity index (χ3v) is 6.04. The second-order valence-electron chi connectivity index (χ2n) is 8.64. The first-order chi connectivity index (χ1) is 14.6.